The summed E-state index contributed by atoms with van der Waals surface area (Å²) in [5.41, 5.74) is 4.90. The van der Waals surface area contributed by atoms with E-state index in [9.17, 15) is 4.79 Å². The van der Waals surface area contributed by atoms with Crippen molar-refractivity contribution < 1.29 is 9.53 Å². The number of hydrogen-bond donors (Lipinski definition) is 1. The van der Waals surface area contributed by atoms with E-state index in [2.05, 4.69) is 4.98 Å². The van der Waals surface area contributed by atoms with Crippen LogP contribution in [0.15, 0.2) is 36.7 Å². The molecular formula is C10H8N2O2. The van der Waals surface area contributed by atoms with Crippen LogP contribution in [0.4, 0.5) is 4.79 Å². The number of rotatable bonds is 1. The maximum atomic E-state index is 10.5. The van der Waals surface area contributed by atoms with Crippen molar-refractivity contribution in [1.82, 2.24) is 4.98 Å². The number of carbonyl (C=O) groups excluding carboxylic acids is 1. The molecule has 0 saturated carbocycles. The predicted octanol–water partition coefficient (Wildman–Crippen LogP) is 1.69. The van der Waals surface area contributed by atoms with Crippen LogP contribution in [-0.4, -0.2) is 11.1 Å². The Kier molecular flexibility index (Phi) is 2.02. The minimum absolute atomic E-state index is 0.441. The van der Waals surface area contributed by atoms with Gasteiger partial charge in [-0.3, -0.25) is 4.98 Å². The fourth-order valence-corrected chi connectivity index (χ4v) is 1.24. The van der Waals surface area contributed by atoms with E-state index in [1.807, 2.05) is 12.1 Å². The first-order valence-electron chi connectivity index (χ1n) is 4.07. The number of carbonyl (C=O) groups is 1. The van der Waals surface area contributed by atoms with Gasteiger partial charge in [-0.15, -0.1) is 0 Å². The Morgan fingerprint density at radius 3 is 2.93 bits per heavy atom. The molecule has 0 aliphatic carbocycles. The summed E-state index contributed by atoms with van der Waals surface area (Å²) in [4.78, 5) is 14.5. The highest BCUT2D eigenvalue weighted by atomic mass is 16.5. The summed E-state index contributed by atoms with van der Waals surface area (Å²) in [6.45, 7) is 0. The molecule has 70 valence electrons. The van der Waals surface area contributed by atoms with Gasteiger partial charge in [0.15, 0.2) is 0 Å². The summed E-state index contributed by atoms with van der Waals surface area (Å²) < 4.78 is 4.74. The van der Waals surface area contributed by atoms with E-state index in [0.29, 0.717) is 5.75 Å². The Hall–Kier alpha value is -2.10. The van der Waals surface area contributed by atoms with Crippen molar-refractivity contribution in [3.05, 3.63) is 36.7 Å². The SMILES string of the molecule is NC(=O)Oc1ccc2cnccc2c1. The zero-order valence-corrected chi connectivity index (χ0v) is 7.31. The predicted molar refractivity (Wildman–Crippen MR) is 52.0 cm³/mol. The molecule has 0 aliphatic rings. The van der Waals surface area contributed by atoms with Crippen LogP contribution in [0.2, 0.25) is 0 Å². The van der Waals surface area contributed by atoms with E-state index in [1.54, 1.807) is 24.5 Å². The lowest BCUT2D eigenvalue weighted by Crippen LogP contribution is -2.16. The second-order valence-corrected chi connectivity index (χ2v) is 2.81. The summed E-state index contributed by atoms with van der Waals surface area (Å²) in [6, 6.07) is 7.07. The summed E-state index contributed by atoms with van der Waals surface area (Å²) in [5, 5.41) is 1.95. The van der Waals surface area contributed by atoms with Crippen LogP contribution in [0.1, 0.15) is 0 Å². The highest BCUT2D eigenvalue weighted by Crippen LogP contribution is 2.19. The maximum Gasteiger partial charge on any atom is 0.409 e. The maximum absolute atomic E-state index is 10.5. The Bertz CT molecular complexity index is 482. The molecule has 1 amide bonds. The molecule has 1 heterocycles. The molecule has 0 fully saturated rings. The molecule has 0 atom stereocenters. The van der Waals surface area contributed by atoms with Gasteiger partial charge in [-0.05, 0) is 29.7 Å². The third-order valence-electron chi connectivity index (χ3n) is 1.83. The normalized spacial score (nSPS) is 10.0. The van der Waals surface area contributed by atoms with E-state index in [4.69, 9.17) is 10.5 Å². The standard InChI is InChI=1S/C10H8N2O2/c11-10(13)14-9-2-1-8-6-12-4-3-7(8)5-9/h1-6H,(H2,11,13). The van der Waals surface area contributed by atoms with Crippen molar-refractivity contribution in [2.45, 2.75) is 0 Å². The van der Waals surface area contributed by atoms with E-state index < -0.39 is 6.09 Å². The third-order valence-corrected chi connectivity index (χ3v) is 1.83. The molecule has 14 heavy (non-hydrogen) atoms. The van der Waals surface area contributed by atoms with E-state index in [0.717, 1.165) is 10.8 Å². The molecule has 4 nitrogen and oxygen atoms in total. The molecule has 2 N–H and O–H groups in total. The lowest BCUT2D eigenvalue weighted by atomic mass is 10.2. The number of fused-ring (bicyclic) bond motifs is 1. The third kappa shape index (κ3) is 1.64. The van der Waals surface area contributed by atoms with Gasteiger partial charge >= 0.3 is 6.09 Å². The molecule has 0 spiro atoms. The number of nitrogens with zero attached hydrogens (tertiary/aromatic N) is 1. The van der Waals surface area contributed by atoms with Gasteiger partial charge in [-0.1, -0.05) is 0 Å². The molecule has 1 aromatic carbocycles. The van der Waals surface area contributed by atoms with Gasteiger partial charge in [-0.2, -0.15) is 0 Å². The zero-order valence-electron chi connectivity index (χ0n) is 7.31. The number of amides is 1. The highest BCUT2D eigenvalue weighted by Gasteiger charge is 1.99. The van der Waals surface area contributed by atoms with Crippen LogP contribution in [0.5, 0.6) is 5.75 Å². The lowest BCUT2D eigenvalue weighted by Gasteiger charge is -2.01. The quantitative estimate of drug-likeness (QED) is 0.740. The van der Waals surface area contributed by atoms with Crippen LogP contribution in [0.3, 0.4) is 0 Å². The first kappa shape index (κ1) is 8.50. The number of primary amides is 1. The largest absolute Gasteiger partial charge is 0.410 e. The number of benzene rings is 1. The van der Waals surface area contributed by atoms with Crippen LogP contribution < -0.4 is 10.5 Å². The average molecular weight is 188 g/mol. The van der Waals surface area contributed by atoms with Crippen LogP contribution >= 0.6 is 0 Å². The van der Waals surface area contributed by atoms with Crippen molar-refractivity contribution in [2.24, 2.45) is 5.73 Å². The topological polar surface area (TPSA) is 65.2 Å². The minimum atomic E-state index is -0.807. The van der Waals surface area contributed by atoms with E-state index in [-0.39, 0.29) is 0 Å². The van der Waals surface area contributed by atoms with Gasteiger partial charge in [0.2, 0.25) is 0 Å². The Balaban J connectivity index is 2.46. The lowest BCUT2D eigenvalue weighted by molar-refractivity contribution is 0.211. The van der Waals surface area contributed by atoms with Crippen LogP contribution in [0, 0.1) is 0 Å². The highest BCUT2D eigenvalue weighted by molar-refractivity contribution is 5.83. The molecule has 0 radical (unpaired) electrons. The smallest absolute Gasteiger partial charge is 0.409 e. The van der Waals surface area contributed by atoms with Gasteiger partial charge in [0.05, 0.1) is 0 Å². The number of pyridine rings is 1. The van der Waals surface area contributed by atoms with E-state index in [1.165, 1.54) is 0 Å². The first-order chi connectivity index (χ1) is 6.75. The van der Waals surface area contributed by atoms with Crippen molar-refractivity contribution in [3.63, 3.8) is 0 Å². The average Bonchev–Trinajstić information content (AvgIpc) is 2.17. The summed E-state index contributed by atoms with van der Waals surface area (Å²) in [7, 11) is 0. The second-order valence-electron chi connectivity index (χ2n) is 2.81. The molecule has 2 aromatic rings. The van der Waals surface area contributed by atoms with Crippen molar-refractivity contribution in [3.8, 4) is 5.75 Å². The van der Waals surface area contributed by atoms with Crippen molar-refractivity contribution in [2.75, 3.05) is 0 Å². The fourth-order valence-electron chi connectivity index (χ4n) is 1.24. The molecule has 0 aliphatic heterocycles. The molecule has 0 unspecified atom stereocenters. The Morgan fingerprint density at radius 1 is 1.29 bits per heavy atom. The molecular weight excluding hydrogens is 180 g/mol. The van der Waals surface area contributed by atoms with E-state index >= 15 is 0 Å². The zero-order chi connectivity index (χ0) is 9.97. The summed E-state index contributed by atoms with van der Waals surface area (Å²) in [6.07, 6.45) is 2.61. The monoisotopic (exact) mass is 188 g/mol. The number of nitrogens with two attached hydrogens (primary N) is 1. The minimum Gasteiger partial charge on any atom is -0.410 e. The molecule has 0 bridgehead atoms. The molecule has 4 heteroatoms. The Morgan fingerprint density at radius 2 is 2.14 bits per heavy atom. The fraction of sp³-hybridized carbons (Fsp3) is 0. The van der Waals surface area contributed by atoms with Crippen molar-refractivity contribution in [1.29, 1.82) is 0 Å². The molecule has 0 saturated heterocycles. The first-order valence-corrected chi connectivity index (χ1v) is 4.07. The second kappa shape index (κ2) is 3.33. The molecule has 2 rings (SSSR count). The van der Waals surface area contributed by atoms with Crippen molar-refractivity contribution >= 4 is 16.9 Å². The Labute approximate surface area is 80.3 Å². The number of ether oxygens (including phenoxy) is 1. The molecule has 1 aromatic heterocycles. The van der Waals surface area contributed by atoms with Crippen LogP contribution in [0.25, 0.3) is 10.8 Å². The van der Waals surface area contributed by atoms with Gasteiger partial charge in [-0.25, -0.2) is 4.79 Å². The van der Waals surface area contributed by atoms with Gasteiger partial charge < -0.3 is 10.5 Å². The number of hydrogen-bond acceptors (Lipinski definition) is 3. The van der Waals surface area contributed by atoms with Gasteiger partial charge in [0, 0.05) is 17.8 Å². The summed E-state index contributed by atoms with van der Waals surface area (Å²) in [5.74, 6) is 0.441. The van der Waals surface area contributed by atoms with Gasteiger partial charge in [0.1, 0.15) is 5.75 Å². The number of aromatic nitrogens is 1. The summed E-state index contributed by atoms with van der Waals surface area (Å²) >= 11 is 0. The van der Waals surface area contributed by atoms with Gasteiger partial charge in [0.25, 0.3) is 0 Å². The van der Waals surface area contributed by atoms with Crippen LogP contribution in [-0.2, 0) is 0 Å².